The molecule has 0 spiro atoms. The van der Waals surface area contributed by atoms with Crippen molar-refractivity contribution in [3.63, 3.8) is 0 Å². The number of hydrogen-bond donors (Lipinski definition) is 2. The van der Waals surface area contributed by atoms with E-state index in [0.717, 1.165) is 35.5 Å². The molecule has 0 saturated heterocycles. The third-order valence-corrected chi connectivity index (χ3v) is 4.10. The minimum Gasteiger partial charge on any atom is -0.356 e. The molecule has 0 aliphatic heterocycles. The van der Waals surface area contributed by atoms with Gasteiger partial charge in [-0.05, 0) is 41.8 Å². The molecule has 0 bridgehead atoms. The number of pyridine rings is 1. The van der Waals surface area contributed by atoms with E-state index in [4.69, 9.17) is 0 Å². The van der Waals surface area contributed by atoms with Crippen LogP contribution in [0.5, 0.6) is 0 Å². The quantitative estimate of drug-likeness (QED) is 0.343. The number of nitrogens with one attached hydrogen (secondary N) is 2. The number of aliphatic imine (C=N–C) groups is 1. The summed E-state index contributed by atoms with van der Waals surface area (Å²) in [7, 11) is 3.69. The Morgan fingerprint density at radius 3 is 2.92 bits per heavy atom. The van der Waals surface area contributed by atoms with Crippen molar-refractivity contribution in [1.82, 2.24) is 20.2 Å². The van der Waals surface area contributed by atoms with E-state index in [-0.39, 0.29) is 29.8 Å². The van der Waals surface area contributed by atoms with Crippen molar-refractivity contribution < 1.29 is 4.39 Å². The molecule has 3 aromatic rings. The van der Waals surface area contributed by atoms with Gasteiger partial charge < -0.3 is 15.2 Å². The number of halogens is 2. The third-order valence-electron chi connectivity index (χ3n) is 4.10. The largest absolute Gasteiger partial charge is 0.356 e. The van der Waals surface area contributed by atoms with E-state index in [2.05, 4.69) is 26.3 Å². The van der Waals surface area contributed by atoms with Crippen molar-refractivity contribution in [1.29, 1.82) is 0 Å². The van der Waals surface area contributed by atoms with E-state index in [1.165, 1.54) is 11.6 Å². The van der Waals surface area contributed by atoms with Gasteiger partial charge in [0.05, 0.1) is 0 Å². The van der Waals surface area contributed by atoms with Gasteiger partial charge in [0.1, 0.15) is 11.5 Å². The molecule has 7 heteroatoms. The minimum absolute atomic E-state index is 0. The van der Waals surface area contributed by atoms with Crippen molar-refractivity contribution in [2.75, 3.05) is 20.6 Å². The molecule has 138 valence electrons. The number of H-pyrrole nitrogens is 1. The zero-order valence-electron chi connectivity index (χ0n) is 14.9. The van der Waals surface area contributed by atoms with E-state index < -0.39 is 0 Å². The number of hydrogen-bond acceptors (Lipinski definition) is 2. The monoisotopic (exact) mass is 467 g/mol. The van der Waals surface area contributed by atoms with Gasteiger partial charge in [-0.2, -0.15) is 0 Å². The first-order valence-corrected chi connectivity index (χ1v) is 8.24. The molecule has 0 fully saturated rings. The van der Waals surface area contributed by atoms with Crippen LogP contribution in [-0.2, 0) is 13.0 Å². The lowest BCUT2D eigenvalue weighted by Gasteiger charge is -2.22. The van der Waals surface area contributed by atoms with E-state index in [1.54, 1.807) is 25.4 Å². The fourth-order valence-electron chi connectivity index (χ4n) is 2.90. The Hall–Kier alpha value is -2.16. The maximum absolute atomic E-state index is 13.3. The zero-order chi connectivity index (χ0) is 17.6. The Labute approximate surface area is 169 Å². The summed E-state index contributed by atoms with van der Waals surface area (Å²) in [6, 6.07) is 10.6. The first kappa shape index (κ1) is 20.2. The predicted molar refractivity (Wildman–Crippen MR) is 114 cm³/mol. The van der Waals surface area contributed by atoms with Crippen molar-refractivity contribution in [2.45, 2.75) is 13.0 Å². The van der Waals surface area contributed by atoms with Crippen LogP contribution < -0.4 is 5.32 Å². The van der Waals surface area contributed by atoms with E-state index in [1.807, 2.05) is 30.3 Å². The third kappa shape index (κ3) is 4.94. The van der Waals surface area contributed by atoms with Crippen LogP contribution in [0.15, 0.2) is 53.8 Å². The van der Waals surface area contributed by atoms with Gasteiger partial charge in [-0.3, -0.25) is 4.99 Å². The highest BCUT2D eigenvalue weighted by Crippen LogP contribution is 2.15. The SMILES string of the molecule is CN=C(NCCc1c[nH]c2ncccc12)N(C)Cc1cccc(F)c1.I. The van der Waals surface area contributed by atoms with Crippen LogP contribution in [0.3, 0.4) is 0 Å². The fraction of sp³-hybridized carbons (Fsp3) is 0.263. The normalized spacial score (nSPS) is 11.3. The number of guanidine groups is 1. The summed E-state index contributed by atoms with van der Waals surface area (Å²) in [6.45, 7) is 1.34. The molecule has 2 heterocycles. The summed E-state index contributed by atoms with van der Waals surface area (Å²) in [4.78, 5) is 13.8. The van der Waals surface area contributed by atoms with Gasteiger partial charge in [0.2, 0.25) is 0 Å². The standard InChI is InChI=1S/C19H22FN5.HI/c1-21-19(25(2)13-14-5-3-6-16(20)11-14)23-10-8-15-12-24-18-17(15)7-4-9-22-18;/h3-7,9,11-12H,8,10,13H2,1-2H3,(H,21,23)(H,22,24);1H. The highest BCUT2D eigenvalue weighted by Gasteiger charge is 2.08. The first-order valence-electron chi connectivity index (χ1n) is 8.24. The minimum atomic E-state index is -0.221. The summed E-state index contributed by atoms with van der Waals surface area (Å²) >= 11 is 0. The molecule has 2 aromatic heterocycles. The number of benzene rings is 1. The Morgan fingerprint density at radius 1 is 1.31 bits per heavy atom. The highest BCUT2D eigenvalue weighted by molar-refractivity contribution is 14.0. The molecule has 26 heavy (non-hydrogen) atoms. The molecule has 5 nitrogen and oxygen atoms in total. The van der Waals surface area contributed by atoms with Crippen LogP contribution in [0, 0.1) is 5.82 Å². The smallest absolute Gasteiger partial charge is 0.193 e. The number of fused-ring (bicyclic) bond motifs is 1. The van der Waals surface area contributed by atoms with Gasteiger partial charge in [0.15, 0.2) is 5.96 Å². The average molecular weight is 467 g/mol. The molecule has 1 aromatic carbocycles. The molecular weight excluding hydrogens is 444 g/mol. The van der Waals surface area contributed by atoms with Gasteiger partial charge >= 0.3 is 0 Å². The highest BCUT2D eigenvalue weighted by atomic mass is 127. The van der Waals surface area contributed by atoms with Crippen molar-refractivity contribution in [3.8, 4) is 0 Å². The lowest BCUT2D eigenvalue weighted by molar-refractivity contribution is 0.475. The predicted octanol–water partition coefficient (Wildman–Crippen LogP) is 3.57. The topological polar surface area (TPSA) is 56.3 Å². The molecule has 0 unspecified atom stereocenters. The van der Waals surface area contributed by atoms with Crippen LogP contribution in [-0.4, -0.2) is 41.5 Å². The van der Waals surface area contributed by atoms with Crippen LogP contribution in [0.2, 0.25) is 0 Å². The Balaban J connectivity index is 0.00000243. The summed E-state index contributed by atoms with van der Waals surface area (Å²) in [5.74, 6) is 0.559. The van der Waals surface area contributed by atoms with Gasteiger partial charge in [-0.25, -0.2) is 9.37 Å². The number of aromatic amines is 1. The van der Waals surface area contributed by atoms with Crippen molar-refractivity contribution in [3.05, 3.63) is 65.7 Å². The fourth-order valence-corrected chi connectivity index (χ4v) is 2.90. The molecule has 0 aliphatic carbocycles. The Morgan fingerprint density at radius 2 is 2.15 bits per heavy atom. The second kappa shape index (κ2) is 9.51. The maximum atomic E-state index is 13.3. The Bertz CT molecular complexity index is 877. The molecule has 0 saturated carbocycles. The Kier molecular flexibility index (Phi) is 7.38. The lowest BCUT2D eigenvalue weighted by atomic mass is 10.1. The second-order valence-corrected chi connectivity index (χ2v) is 5.92. The van der Waals surface area contributed by atoms with Gasteiger partial charge in [-0.15, -0.1) is 24.0 Å². The summed E-state index contributed by atoms with van der Waals surface area (Å²) < 4.78 is 13.3. The molecule has 0 aliphatic rings. The molecular formula is C19H23FIN5. The molecule has 3 rings (SSSR count). The van der Waals surface area contributed by atoms with Gasteiger partial charge in [-0.1, -0.05) is 12.1 Å². The number of rotatable bonds is 5. The average Bonchev–Trinajstić information content (AvgIpc) is 3.02. The van der Waals surface area contributed by atoms with E-state index in [0.29, 0.717) is 6.54 Å². The van der Waals surface area contributed by atoms with E-state index >= 15 is 0 Å². The summed E-state index contributed by atoms with van der Waals surface area (Å²) in [5.41, 5.74) is 3.04. The summed E-state index contributed by atoms with van der Waals surface area (Å²) in [6.07, 6.45) is 4.64. The summed E-state index contributed by atoms with van der Waals surface area (Å²) in [5, 5.41) is 4.50. The molecule has 2 N–H and O–H groups in total. The van der Waals surface area contributed by atoms with Crippen LogP contribution in [0.4, 0.5) is 4.39 Å². The molecule has 0 atom stereocenters. The molecule has 0 radical (unpaired) electrons. The maximum Gasteiger partial charge on any atom is 0.193 e. The molecule has 0 amide bonds. The van der Waals surface area contributed by atoms with Crippen molar-refractivity contribution >= 4 is 41.0 Å². The second-order valence-electron chi connectivity index (χ2n) is 5.92. The van der Waals surface area contributed by atoms with Crippen LogP contribution in [0.1, 0.15) is 11.1 Å². The van der Waals surface area contributed by atoms with Crippen LogP contribution in [0.25, 0.3) is 11.0 Å². The van der Waals surface area contributed by atoms with Crippen LogP contribution >= 0.6 is 24.0 Å². The number of aromatic nitrogens is 2. The lowest BCUT2D eigenvalue weighted by Crippen LogP contribution is -2.39. The first-order chi connectivity index (χ1) is 12.2. The van der Waals surface area contributed by atoms with Gasteiger partial charge in [0, 0.05) is 45.0 Å². The van der Waals surface area contributed by atoms with Gasteiger partial charge in [0.25, 0.3) is 0 Å². The van der Waals surface area contributed by atoms with Crippen molar-refractivity contribution in [2.24, 2.45) is 4.99 Å². The number of nitrogens with zero attached hydrogens (tertiary/aromatic N) is 3. The zero-order valence-corrected chi connectivity index (χ0v) is 17.2. The van der Waals surface area contributed by atoms with E-state index in [9.17, 15) is 4.39 Å².